The van der Waals surface area contributed by atoms with E-state index in [0.717, 1.165) is 50.7 Å². The van der Waals surface area contributed by atoms with Crippen LogP contribution in [0.1, 0.15) is 50.2 Å². The zero-order valence-electron chi connectivity index (χ0n) is 11.9. The van der Waals surface area contributed by atoms with E-state index in [2.05, 4.69) is 5.32 Å². The summed E-state index contributed by atoms with van der Waals surface area (Å²) in [5, 5.41) is 12.5. The summed E-state index contributed by atoms with van der Waals surface area (Å²) < 4.78 is 27.0. The minimum absolute atomic E-state index is 0.0508. The zero-order chi connectivity index (χ0) is 15.2. The lowest BCUT2D eigenvalue weighted by Gasteiger charge is -2.17. The Kier molecular flexibility index (Phi) is 5.67. The Balaban J connectivity index is 1.91. The molecule has 1 aliphatic rings. The van der Waals surface area contributed by atoms with E-state index in [0.29, 0.717) is 0 Å². The molecule has 1 unspecified atom stereocenters. The van der Waals surface area contributed by atoms with Gasteiger partial charge in [-0.15, -0.1) is 0 Å². The molecule has 1 fully saturated rings. The van der Waals surface area contributed by atoms with Crippen LogP contribution in [0.4, 0.5) is 8.78 Å². The van der Waals surface area contributed by atoms with E-state index in [9.17, 15) is 18.7 Å². The Hall–Kier alpha value is -1.49. The summed E-state index contributed by atoms with van der Waals surface area (Å²) in [7, 11) is 0. The fourth-order valence-corrected chi connectivity index (χ4v) is 2.81. The summed E-state index contributed by atoms with van der Waals surface area (Å²) in [6, 6.07) is 3.43. The minimum Gasteiger partial charge on any atom is -0.386 e. The molecule has 0 aromatic heterocycles. The summed E-state index contributed by atoms with van der Waals surface area (Å²) in [6.07, 6.45) is 4.66. The van der Waals surface area contributed by atoms with Crippen LogP contribution in [0.15, 0.2) is 18.2 Å². The molecule has 0 bridgehead atoms. The van der Waals surface area contributed by atoms with Crippen molar-refractivity contribution >= 4 is 5.91 Å². The highest BCUT2D eigenvalue weighted by atomic mass is 19.1. The van der Waals surface area contributed by atoms with Crippen LogP contribution < -0.4 is 5.32 Å². The zero-order valence-corrected chi connectivity index (χ0v) is 11.9. The van der Waals surface area contributed by atoms with Crippen molar-refractivity contribution < 1.29 is 18.7 Å². The van der Waals surface area contributed by atoms with Gasteiger partial charge in [-0.3, -0.25) is 4.79 Å². The summed E-state index contributed by atoms with van der Waals surface area (Å²) in [5.74, 6) is -1.78. The molecular weight excluding hydrogens is 276 g/mol. The number of halogens is 2. The third-order valence-corrected chi connectivity index (χ3v) is 4.03. The fourth-order valence-electron chi connectivity index (χ4n) is 2.81. The molecule has 1 amide bonds. The van der Waals surface area contributed by atoms with E-state index < -0.39 is 23.3 Å². The summed E-state index contributed by atoms with van der Waals surface area (Å²) in [5.41, 5.74) is -0.390. The quantitative estimate of drug-likeness (QED) is 0.839. The molecule has 0 spiro atoms. The third-order valence-electron chi connectivity index (χ3n) is 4.03. The van der Waals surface area contributed by atoms with Crippen molar-refractivity contribution in [1.29, 1.82) is 0 Å². The van der Waals surface area contributed by atoms with Crippen LogP contribution in [0.25, 0.3) is 0 Å². The second-order valence-electron chi connectivity index (χ2n) is 5.58. The molecule has 1 aliphatic carbocycles. The van der Waals surface area contributed by atoms with Gasteiger partial charge in [0.2, 0.25) is 5.91 Å². The molecule has 0 heterocycles. The molecule has 0 aliphatic heterocycles. The van der Waals surface area contributed by atoms with E-state index in [1.54, 1.807) is 0 Å². The van der Waals surface area contributed by atoms with Gasteiger partial charge in [0.25, 0.3) is 0 Å². The molecule has 3 nitrogen and oxygen atoms in total. The summed E-state index contributed by atoms with van der Waals surface area (Å²) in [6.45, 7) is -0.173. The van der Waals surface area contributed by atoms with Crippen molar-refractivity contribution in [3.05, 3.63) is 35.4 Å². The van der Waals surface area contributed by atoms with Crippen LogP contribution in [-0.2, 0) is 4.79 Å². The van der Waals surface area contributed by atoms with Crippen LogP contribution >= 0.6 is 0 Å². The van der Waals surface area contributed by atoms with E-state index >= 15 is 0 Å². The van der Waals surface area contributed by atoms with Crippen LogP contribution in [-0.4, -0.2) is 17.6 Å². The van der Waals surface area contributed by atoms with Crippen LogP contribution in [0, 0.1) is 17.6 Å². The summed E-state index contributed by atoms with van der Waals surface area (Å²) >= 11 is 0. The lowest BCUT2D eigenvalue weighted by Crippen LogP contribution is -2.34. The van der Waals surface area contributed by atoms with Crippen molar-refractivity contribution in [2.45, 2.75) is 44.6 Å². The van der Waals surface area contributed by atoms with E-state index in [-0.39, 0.29) is 18.4 Å². The van der Waals surface area contributed by atoms with Gasteiger partial charge in [0.1, 0.15) is 17.7 Å². The number of rotatable bonds is 4. The fraction of sp³-hybridized carbons (Fsp3) is 0.562. The van der Waals surface area contributed by atoms with E-state index in [1.807, 2.05) is 0 Å². The number of benzene rings is 1. The van der Waals surface area contributed by atoms with Crippen molar-refractivity contribution in [2.75, 3.05) is 6.54 Å². The maximum atomic E-state index is 13.5. The average Bonchev–Trinajstić information content (AvgIpc) is 2.73. The number of hydrogen-bond acceptors (Lipinski definition) is 2. The lowest BCUT2D eigenvalue weighted by atomic mass is 9.99. The predicted molar refractivity (Wildman–Crippen MR) is 75.5 cm³/mol. The molecule has 0 saturated heterocycles. The first-order valence-electron chi connectivity index (χ1n) is 7.49. The number of nitrogens with one attached hydrogen (secondary N) is 1. The number of aliphatic hydroxyl groups excluding tert-OH is 1. The van der Waals surface area contributed by atoms with Gasteiger partial charge in [-0.05, 0) is 25.0 Å². The molecular formula is C16H21F2NO2. The number of carbonyl (C=O) groups is 1. The first kappa shape index (κ1) is 15.9. The second kappa shape index (κ2) is 7.50. The SMILES string of the molecule is O=C(NCC(O)c1c(F)cccc1F)C1CCCCCC1. The maximum absolute atomic E-state index is 13.5. The van der Waals surface area contributed by atoms with E-state index in [4.69, 9.17) is 0 Å². The molecule has 1 atom stereocenters. The molecule has 1 aromatic carbocycles. The second-order valence-corrected chi connectivity index (χ2v) is 5.58. The number of aliphatic hydroxyl groups is 1. The monoisotopic (exact) mass is 297 g/mol. The average molecular weight is 297 g/mol. The summed E-state index contributed by atoms with van der Waals surface area (Å²) in [4.78, 5) is 12.0. The standard InChI is InChI=1S/C16H21F2NO2/c17-12-8-5-9-13(18)15(12)14(20)10-19-16(21)11-6-3-1-2-4-7-11/h5,8-9,11,14,20H,1-4,6-7,10H2,(H,19,21). The lowest BCUT2D eigenvalue weighted by molar-refractivity contribution is -0.125. The first-order chi connectivity index (χ1) is 10.1. The highest BCUT2D eigenvalue weighted by Gasteiger charge is 2.22. The van der Waals surface area contributed by atoms with Gasteiger partial charge in [-0.2, -0.15) is 0 Å². The maximum Gasteiger partial charge on any atom is 0.223 e. The van der Waals surface area contributed by atoms with Gasteiger partial charge in [0.15, 0.2) is 0 Å². The molecule has 1 aromatic rings. The Bertz CT molecular complexity index is 465. The number of hydrogen-bond donors (Lipinski definition) is 2. The molecule has 1 saturated carbocycles. The molecule has 2 N–H and O–H groups in total. The van der Waals surface area contributed by atoms with Crippen LogP contribution in [0.2, 0.25) is 0 Å². The van der Waals surface area contributed by atoms with Gasteiger partial charge in [-0.25, -0.2) is 8.78 Å². The van der Waals surface area contributed by atoms with Gasteiger partial charge in [0.05, 0.1) is 5.56 Å². The van der Waals surface area contributed by atoms with Crippen molar-refractivity contribution in [2.24, 2.45) is 5.92 Å². The normalized spacial score (nSPS) is 18.0. The highest BCUT2D eigenvalue weighted by Crippen LogP contribution is 2.24. The first-order valence-corrected chi connectivity index (χ1v) is 7.49. The number of carbonyl (C=O) groups excluding carboxylic acids is 1. The highest BCUT2D eigenvalue weighted by molar-refractivity contribution is 5.78. The van der Waals surface area contributed by atoms with Gasteiger partial charge in [-0.1, -0.05) is 31.7 Å². The molecule has 21 heavy (non-hydrogen) atoms. The predicted octanol–water partition coefficient (Wildman–Crippen LogP) is 3.08. The smallest absolute Gasteiger partial charge is 0.223 e. The van der Waals surface area contributed by atoms with Crippen LogP contribution in [0.5, 0.6) is 0 Å². The Labute approximate surface area is 123 Å². The number of amides is 1. The molecule has 5 heteroatoms. The van der Waals surface area contributed by atoms with E-state index in [1.165, 1.54) is 6.07 Å². The van der Waals surface area contributed by atoms with Gasteiger partial charge < -0.3 is 10.4 Å². The van der Waals surface area contributed by atoms with Gasteiger partial charge >= 0.3 is 0 Å². The Morgan fingerprint density at radius 3 is 2.33 bits per heavy atom. The van der Waals surface area contributed by atoms with Crippen molar-refractivity contribution in [3.63, 3.8) is 0 Å². The minimum atomic E-state index is -1.37. The molecule has 2 rings (SSSR count). The largest absolute Gasteiger partial charge is 0.386 e. The van der Waals surface area contributed by atoms with Crippen molar-refractivity contribution in [1.82, 2.24) is 5.32 Å². The Morgan fingerprint density at radius 1 is 1.19 bits per heavy atom. The third kappa shape index (κ3) is 4.24. The Morgan fingerprint density at radius 2 is 1.76 bits per heavy atom. The topological polar surface area (TPSA) is 49.3 Å². The van der Waals surface area contributed by atoms with Gasteiger partial charge in [0, 0.05) is 12.5 Å². The van der Waals surface area contributed by atoms with Crippen molar-refractivity contribution in [3.8, 4) is 0 Å². The molecule has 0 radical (unpaired) electrons. The molecule has 116 valence electrons. The van der Waals surface area contributed by atoms with Crippen LogP contribution in [0.3, 0.4) is 0 Å².